The van der Waals surface area contributed by atoms with Crippen LogP contribution >= 0.6 is 0 Å². The number of Topliss-reactive ketones (excluding diaryl/α,β-unsaturated/α-hetero) is 1. The van der Waals surface area contributed by atoms with Crippen LogP contribution in [0.3, 0.4) is 0 Å². The lowest BCUT2D eigenvalue weighted by atomic mass is 9.76. The van der Waals surface area contributed by atoms with Gasteiger partial charge in [-0.2, -0.15) is 0 Å². The van der Waals surface area contributed by atoms with Gasteiger partial charge in [-0.15, -0.1) is 0 Å². The number of piperidine rings is 1. The van der Waals surface area contributed by atoms with E-state index in [1.54, 1.807) is 14.2 Å². The maximum atomic E-state index is 12.9. The van der Waals surface area contributed by atoms with Crippen LogP contribution in [0.5, 0.6) is 11.5 Å². The van der Waals surface area contributed by atoms with Crippen molar-refractivity contribution in [2.45, 2.75) is 25.9 Å². The van der Waals surface area contributed by atoms with Crippen molar-refractivity contribution in [3.05, 3.63) is 59.7 Å². The minimum Gasteiger partial charge on any atom is -0.497 e. The summed E-state index contributed by atoms with van der Waals surface area (Å²) in [6.45, 7) is 4.07. The fourth-order valence-electron chi connectivity index (χ4n) is 3.78. The lowest BCUT2D eigenvalue weighted by Gasteiger charge is -2.36. The van der Waals surface area contributed by atoms with E-state index in [2.05, 4.69) is 29.6 Å². The van der Waals surface area contributed by atoms with E-state index in [9.17, 15) is 4.79 Å². The molecule has 0 bridgehead atoms. The zero-order valence-electron chi connectivity index (χ0n) is 15.2. The van der Waals surface area contributed by atoms with Gasteiger partial charge in [0.2, 0.25) is 0 Å². The summed E-state index contributed by atoms with van der Waals surface area (Å²) in [6.07, 6.45) is 0. The molecule has 1 fully saturated rings. The Balaban J connectivity index is 1.89. The molecular weight excluding hydrogens is 314 g/mol. The maximum Gasteiger partial charge on any atom is 0.151 e. The third kappa shape index (κ3) is 3.40. The van der Waals surface area contributed by atoms with Gasteiger partial charge in [-0.3, -0.25) is 4.79 Å². The third-order valence-corrected chi connectivity index (χ3v) is 5.39. The summed E-state index contributed by atoms with van der Waals surface area (Å²) in [5, 5.41) is 2.33. The summed E-state index contributed by atoms with van der Waals surface area (Å²) in [7, 11) is 3.32. The van der Waals surface area contributed by atoms with E-state index >= 15 is 0 Å². The third-order valence-electron chi connectivity index (χ3n) is 5.39. The van der Waals surface area contributed by atoms with Gasteiger partial charge in [-0.1, -0.05) is 0 Å². The Bertz CT molecular complexity index is 662. The molecule has 25 heavy (non-hydrogen) atoms. The molecule has 1 aliphatic heterocycles. The topological polar surface area (TPSA) is 52.1 Å². The Morgan fingerprint density at radius 1 is 0.720 bits per heavy atom. The summed E-state index contributed by atoms with van der Waals surface area (Å²) in [6, 6.07) is 16.3. The van der Waals surface area contributed by atoms with Crippen LogP contribution in [0.2, 0.25) is 0 Å². The van der Waals surface area contributed by atoms with Crippen LogP contribution in [-0.4, -0.2) is 20.0 Å². The van der Waals surface area contributed by atoms with Crippen LogP contribution in [0.25, 0.3) is 0 Å². The standard InChI is InChI=1S/C21H25NO3/c1-13-19(15-5-9-17(24-3)10-6-15)22-20(14(2)21(13)23)16-7-11-18(25-4)12-8-16/h5-14,19-20,22H,1-4H3/p+1/t13-,14+,19-,20-/m0/s1. The van der Waals surface area contributed by atoms with Crippen LogP contribution in [-0.2, 0) is 4.79 Å². The second-order valence-electron chi connectivity index (χ2n) is 6.77. The van der Waals surface area contributed by atoms with E-state index in [1.165, 1.54) is 0 Å². The molecule has 4 heteroatoms. The number of benzene rings is 2. The number of quaternary nitrogens is 1. The SMILES string of the molecule is COc1ccc([C@H]2[NH2+][C@H](c3ccc(OC)cc3)[C@@H](C)C(=O)[C@H]2C)cc1. The molecule has 2 N–H and O–H groups in total. The fraction of sp³-hybridized carbons (Fsp3) is 0.381. The highest BCUT2D eigenvalue weighted by Crippen LogP contribution is 2.33. The van der Waals surface area contributed by atoms with Crippen LogP contribution in [0.15, 0.2) is 48.5 Å². The van der Waals surface area contributed by atoms with Crippen molar-refractivity contribution in [1.82, 2.24) is 0 Å². The predicted octanol–water partition coefficient (Wildman–Crippen LogP) is 2.90. The molecule has 4 nitrogen and oxygen atoms in total. The molecule has 0 radical (unpaired) electrons. The van der Waals surface area contributed by atoms with E-state index in [0.29, 0.717) is 5.78 Å². The number of rotatable bonds is 4. The van der Waals surface area contributed by atoms with Gasteiger partial charge < -0.3 is 14.8 Å². The minimum absolute atomic E-state index is 0.0158. The summed E-state index contributed by atoms with van der Waals surface area (Å²) in [5.41, 5.74) is 2.32. The molecule has 0 spiro atoms. The Morgan fingerprint density at radius 2 is 1.08 bits per heavy atom. The van der Waals surface area contributed by atoms with Crippen LogP contribution in [0.1, 0.15) is 37.1 Å². The molecular formula is C21H26NO3+. The molecule has 2 aromatic rings. The highest BCUT2D eigenvalue weighted by Gasteiger charge is 2.43. The zero-order valence-corrected chi connectivity index (χ0v) is 15.2. The smallest absolute Gasteiger partial charge is 0.151 e. The van der Waals surface area contributed by atoms with Crippen molar-refractivity contribution < 1.29 is 19.6 Å². The number of carbonyl (C=O) groups is 1. The number of hydrogen-bond acceptors (Lipinski definition) is 3. The largest absolute Gasteiger partial charge is 0.497 e. The quantitative estimate of drug-likeness (QED) is 0.931. The van der Waals surface area contributed by atoms with Gasteiger partial charge in [0.05, 0.1) is 26.1 Å². The molecule has 4 atom stereocenters. The van der Waals surface area contributed by atoms with Crippen molar-refractivity contribution in [3.8, 4) is 11.5 Å². The summed E-state index contributed by atoms with van der Waals surface area (Å²) < 4.78 is 10.5. The first-order chi connectivity index (χ1) is 12.0. The Morgan fingerprint density at radius 3 is 1.40 bits per heavy atom. The summed E-state index contributed by atoms with van der Waals surface area (Å²) >= 11 is 0. The molecule has 2 aromatic carbocycles. The molecule has 132 valence electrons. The normalized spacial score (nSPS) is 26.3. The van der Waals surface area contributed by atoms with Gasteiger partial charge >= 0.3 is 0 Å². The van der Waals surface area contributed by atoms with Gasteiger partial charge in [-0.05, 0) is 62.4 Å². The van der Waals surface area contributed by atoms with Gasteiger partial charge in [0.1, 0.15) is 23.6 Å². The van der Waals surface area contributed by atoms with Crippen molar-refractivity contribution in [3.63, 3.8) is 0 Å². The molecule has 3 rings (SSSR count). The van der Waals surface area contributed by atoms with Crippen molar-refractivity contribution in [2.75, 3.05) is 14.2 Å². The fourth-order valence-corrected chi connectivity index (χ4v) is 3.78. The van der Waals surface area contributed by atoms with Gasteiger partial charge in [0.15, 0.2) is 5.78 Å². The van der Waals surface area contributed by atoms with Crippen molar-refractivity contribution >= 4 is 5.78 Å². The first kappa shape index (κ1) is 17.5. The summed E-state index contributed by atoms with van der Waals surface area (Å²) in [5.74, 6) is 1.96. The van der Waals surface area contributed by atoms with E-state index in [-0.39, 0.29) is 23.9 Å². The van der Waals surface area contributed by atoms with E-state index in [1.807, 2.05) is 38.1 Å². The maximum absolute atomic E-state index is 12.9. The molecule has 1 saturated heterocycles. The van der Waals surface area contributed by atoms with Gasteiger partial charge in [-0.25, -0.2) is 0 Å². The first-order valence-electron chi connectivity index (χ1n) is 8.71. The Labute approximate surface area is 149 Å². The number of carbonyl (C=O) groups excluding carboxylic acids is 1. The molecule has 0 aliphatic carbocycles. The second-order valence-corrected chi connectivity index (χ2v) is 6.77. The number of hydrogen-bond donors (Lipinski definition) is 1. The van der Waals surface area contributed by atoms with Crippen LogP contribution in [0, 0.1) is 11.8 Å². The predicted molar refractivity (Wildman–Crippen MR) is 96.7 cm³/mol. The van der Waals surface area contributed by atoms with Crippen molar-refractivity contribution in [2.24, 2.45) is 11.8 Å². The van der Waals surface area contributed by atoms with Gasteiger partial charge in [0.25, 0.3) is 0 Å². The molecule has 0 aromatic heterocycles. The second kappa shape index (κ2) is 7.28. The summed E-state index contributed by atoms with van der Waals surface area (Å²) in [4.78, 5) is 12.9. The molecule has 1 aliphatic rings. The molecule has 0 unspecified atom stereocenters. The molecule has 0 saturated carbocycles. The zero-order chi connectivity index (χ0) is 18.0. The Hall–Kier alpha value is -2.33. The number of ether oxygens (including phenoxy) is 2. The van der Waals surface area contributed by atoms with E-state index in [4.69, 9.17) is 9.47 Å². The monoisotopic (exact) mass is 340 g/mol. The number of ketones is 1. The van der Waals surface area contributed by atoms with Crippen LogP contribution in [0.4, 0.5) is 0 Å². The molecule has 1 heterocycles. The first-order valence-corrected chi connectivity index (χ1v) is 8.71. The van der Waals surface area contributed by atoms with Crippen LogP contribution < -0.4 is 14.8 Å². The average molecular weight is 340 g/mol. The molecule has 0 amide bonds. The van der Waals surface area contributed by atoms with E-state index < -0.39 is 0 Å². The Kier molecular flexibility index (Phi) is 5.09. The average Bonchev–Trinajstić information content (AvgIpc) is 2.67. The number of nitrogens with two attached hydrogens (primary N) is 1. The van der Waals surface area contributed by atoms with Crippen molar-refractivity contribution in [1.29, 1.82) is 0 Å². The minimum atomic E-state index is -0.0158. The number of methoxy groups -OCH3 is 2. The lowest BCUT2D eigenvalue weighted by molar-refractivity contribution is -0.748. The highest BCUT2D eigenvalue weighted by molar-refractivity contribution is 5.84. The lowest BCUT2D eigenvalue weighted by Crippen LogP contribution is -2.91. The van der Waals surface area contributed by atoms with Gasteiger partial charge in [0, 0.05) is 11.1 Å². The highest BCUT2D eigenvalue weighted by atomic mass is 16.5. The van der Waals surface area contributed by atoms with E-state index in [0.717, 1.165) is 22.6 Å².